The molecule has 0 bridgehead atoms. The van der Waals surface area contributed by atoms with Crippen LogP contribution >= 0.6 is 0 Å². The molecule has 0 amide bonds. The summed E-state index contributed by atoms with van der Waals surface area (Å²) in [5.74, 6) is 0.910. The van der Waals surface area contributed by atoms with Gasteiger partial charge in [0.25, 0.3) is 0 Å². The molecular weight excluding hydrogens is 174 g/mol. The lowest BCUT2D eigenvalue weighted by molar-refractivity contribution is -0.126. The average molecular weight is 197 g/mol. The van der Waals surface area contributed by atoms with E-state index in [1.807, 2.05) is 13.8 Å². The highest BCUT2D eigenvalue weighted by molar-refractivity contribution is 5.83. The molecule has 2 atom stereocenters. The van der Waals surface area contributed by atoms with Crippen LogP contribution in [0.5, 0.6) is 0 Å². The standard InChI is InChI=1S/C12H23NO/c1-8(2)12(14)10-6-5-7-11(10)13-9(3)4/h8-11,13H,5-7H2,1-4H3/t10?,11-/m1/s1. The molecule has 1 unspecified atom stereocenters. The van der Waals surface area contributed by atoms with E-state index in [2.05, 4.69) is 19.2 Å². The van der Waals surface area contributed by atoms with E-state index in [1.165, 1.54) is 12.8 Å². The minimum Gasteiger partial charge on any atom is -0.311 e. The maximum atomic E-state index is 11.9. The molecule has 82 valence electrons. The fourth-order valence-corrected chi connectivity index (χ4v) is 2.36. The Hall–Kier alpha value is -0.370. The number of ketones is 1. The summed E-state index contributed by atoms with van der Waals surface area (Å²) in [5, 5.41) is 3.51. The van der Waals surface area contributed by atoms with Gasteiger partial charge in [0.2, 0.25) is 0 Å². The van der Waals surface area contributed by atoms with Crippen LogP contribution < -0.4 is 5.32 Å². The van der Waals surface area contributed by atoms with Gasteiger partial charge in [0, 0.05) is 23.9 Å². The third-order valence-electron chi connectivity index (χ3n) is 3.00. The molecule has 1 N–H and O–H groups in total. The lowest BCUT2D eigenvalue weighted by Crippen LogP contribution is -2.41. The molecule has 0 aromatic heterocycles. The SMILES string of the molecule is CC(C)N[C@@H]1CCCC1C(=O)C(C)C. The quantitative estimate of drug-likeness (QED) is 0.749. The zero-order valence-electron chi connectivity index (χ0n) is 9.84. The van der Waals surface area contributed by atoms with Crippen LogP contribution in [0.2, 0.25) is 0 Å². The fourth-order valence-electron chi connectivity index (χ4n) is 2.36. The van der Waals surface area contributed by atoms with Crippen LogP contribution in [-0.2, 0) is 4.79 Å². The highest BCUT2D eigenvalue weighted by Gasteiger charge is 2.33. The third-order valence-corrected chi connectivity index (χ3v) is 3.00. The summed E-state index contributed by atoms with van der Waals surface area (Å²) in [4.78, 5) is 11.9. The molecular formula is C12H23NO. The summed E-state index contributed by atoms with van der Waals surface area (Å²) in [6, 6.07) is 0.922. The Balaban J connectivity index is 2.55. The summed E-state index contributed by atoms with van der Waals surface area (Å²) >= 11 is 0. The second-order valence-corrected chi connectivity index (χ2v) is 5.02. The zero-order chi connectivity index (χ0) is 10.7. The van der Waals surface area contributed by atoms with E-state index in [-0.39, 0.29) is 11.8 Å². The van der Waals surface area contributed by atoms with Gasteiger partial charge in [-0.3, -0.25) is 4.79 Å². The van der Waals surface area contributed by atoms with Crippen LogP contribution in [-0.4, -0.2) is 17.9 Å². The van der Waals surface area contributed by atoms with E-state index in [4.69, 9.17) is 0 Å². The summed E-state index contributed by atoms with van der Waals surface area (Å²) < 4.78 is 0. The number of hydrogen-bond acceptors (Lipinski definition) is 2. The zero-order valence-corrected chi connectivity index (χ0v) is 9.84. The first-order chi connectivity index (χ1) is 6.52. The molecule has 0 spiro atoms. The van der Waals surface area contributed by atoms with Gasteiger partial charge >= 0.3 is 0 Å². The first kappa shape index (κ1) is 11.7. The number of hydrogen-bond donors (Lipinski definition) is 1. The molecule has 0 aromatic rings. The molecule has 2 heteroatoms. The molecule has 2 nitrogen and oxygen atoms in total. The predicted octanol–water partition coefficient (Wildman–Crippen LogP) is 2.38. The van der Waals surface area contributed by atoms with E-state index < -0.39 is 0 Å². The molecule has 1 aliphatic carbocycles. The molecule has 0 aliphatic heterocycles. The van der Waals surface area contributed by atoms with Crippen molar-refractivity contribution in [2.45, 2.75) is 59.0 Å². The van der Waals surface area contributed by atoms with E-state index in [0.717, 1.165) is 6.42 Å². The minimum atomic E-state index is 0.189. The Morgan fingerprint density at radius 3 is 2.36 bits per heavy atom. The summed E-state index contributed by atoms with van der Waals surface area (Å²) in [7, 11) is 0. The average Bonchev–Trinajstić information content (AvgIpc) is 2.49. The van der Waals surface area contributed by atoms with Gasteiger partial charge in [0.15, 0.2) is 0 Å². The Labute approximate surface area is 87.5 Å². The Morgan fingerprint density at radius 1 is 1.21 bits per heavy atom. The fraction of sp³-hybridized carbons (Fsp3) is 0.917. The summed E-state index contributed by atoms with van der Waals surface area (Å²) in [6.07, 6.45) is 3.45. The topological polar surface area (TPSA) is 29.1 Å². The molecule has 1 fully saturated rings. The van der Waals surface area contributed by atoms with Crippen molar-refractivity contribution in [3.8, 4) is 0 Å². The van der Waals surface area contributed by atoms with Crippen molar-refractivity contribution in [1.82, 2.24) is 5.32 Å². The van der Waals surface area contributed by atoms with E-state index in [1.54, 1.807) is 0 Å². The van der Waals surface area contributed by atoms with Crippen molar-refractivity contribution in [1.29, 1.82) is 0 Å². The first-order valence-electron chi connectivity index (χ1n) is 5.82. The van der Waals surface area contributed by atoms with Crippen molar-refractivity contribution in [3.63, 3.8) is 0 Å². The Bertz CT molecular complexity index is 198. The number of rotatable bonds is 4. The van der Waals surface area contributed by atoms with Gasteiger partial charge in [-0.15, -0.1) is 0 Å². The van der Waals surface area contributed by atoms with Crippen LogP contribution in [0.15, 0.2) is 0 Å². The smallest absolute Gasteiger partial charge is 0.140 e. The van der Waals surface area contributed by atoms with Gasteiger partial charge in [-0.1, -0.05) is 34.1 Å². The number of carbonyl (C=O) groups excluding carboxylic acids is 1. The lowest BCUT2D eigenvalue weighted by atomic mass is 9.91. The normalized spacial score (nSPS) is 27.6. The number of carbonyl (C=O) groups is 1. The third kappa shape index (κ3) is 2.81. The highest BCUT2D eigenvalue weighted by atomic mass is 16.1. The van der Waals surface area contributed by atoms with Crippen molar-refractivity contribution >= 4 is 5.78 Å². The van der Waals surface area contributed by atoms with Crippen LogP contribution in [0.1, 0.15) is 47.0 Å². The van der Waals surface area contributed by atoms with Gasteiger partial charge in [-0.05, 0) is 12.8 Å². The second-order valence-electron chi connectivity index (χ2n) is 5.02. The lowest BCUT2D eigenvalue weighted by Gasteiger charge is -2.23. The van der Waals surface area contributed by atoms with Crippen molar-refractivity contribution < 1.29 is 4.79 Å². The van der Waals surface area contributed by atoms with Gasteiger partial charge in [-0.25, -0.2) is 0 Å². The van der Waals surface area contributed by atoms with E-state index in [9.17, 15) is 4.79 Å². The highest BCUT2D eigenvalue weighted by Crippen LogP contribution is 2.28. The van der Waals surface area contributed by atoms with Crippen LogP contribution in [0.4, 0.5) is 0 Å². The monoisotopic (exact) mass is 197 g/mol. The molecule has 14 heavy (non-hydrogen) atoms. The van der Waals surface area contributed by atoms with Crippen molar-refractivity contribution in [3.05, 3.63) is 0 Å². The van der Waals surface area contributed by atoms with Crippen LogP contribution in [0, 0.1) is 11.8 Å². The summed E-state index contributed by atoms with van der Waals surface area (Å²) in [5.41, 5.74) is 0. The first-order valence-corrected chi connectivity index (χ1v) is 5.82. The minimum absolute atomic E-state index is 0.189. The van der Waals surface area contributed by atoms with Gasteiger partial charge < -0.3 is 5.32 Å². The Morgan fingerprint density at radius 2 is 1.86 bits per heavy atom. The van der Waals surface area contributed by atoms with Crippen molar-refractivity contribution in [2.75, 3.05) is 0 Å². The van der Waals surface area contributed by atoms with Gasteiger partial charge in [-0.2, -0.15) is 0 Å². The van der Waals surface area contributed by atoms with Gasteiger partial charge in [0.05, 0.1) is 0 Å². The molecule has 1 aliphatic rings. The Kier molecular flexibility index (Phi) is 4.11. The molecule has 0 aromatic carbocycles. The molecule has 0 saturated heterocycles. The molecule has 0 heterocycles. The van der Waals surface area contributed by atoms with Crippen LogP contribution in [0.3, 0.4) is 0 Å². The largest absolute Gasteiger partial charge is 0.311 e. The molecule has 1 rings (SSSR count). The maximum Gasteiger partial charge on any atom is 0.140 e. The summed E-state index contributed by atoms with van der Waals surface area (Å²) in [6.45, 7) is 8.31. The number of Topliss-reactive ketones (excluding diaryl/α,β-unsaturated/α-hetero) is 1. The molecule has 1 saturated carbocycles. The van der Waals surface area contributed by atoms with Gasteiger partial charge in [0.1, 0.15) is 5.78 Å². The van der Waals surface area contributed by atoms with E-state index in [0.29, 0.717) is 17.9 Å². The van der Waals surface area contributed by atoms with Crippen molar-refractivity contribution in [2.24, 2.45) is 11.8 Å². The predicted molar refractivity (Wildman–Crippen MR) is 59.2 cm³/mol. The molecule has 0 radical (unpaired) electrons. The second kappa shape index (κ2) is 4.92. The number of nitrogens with one attached hydrogen (secondary N) is 1. The van der Waals surface area contributed by atoms with Crippen LogP contribution in [0.25, 0.3) is 0 Å². The van der Waals surface area contributed by atoms with E-state index >= 15 is 0 Å². The maximum absolute atomic E-state index is 11.9.